The van der Waals surface area contributed by atoms with Crippen molar-refractivity contribution in [2.75, 3.05) is 0 Å². The molecule has 0 saturated carbocycles. The number of carbonyl (C=O) groups excluding carboxylic acids is 1. The van der Waals surface area contributed by atoms with E-state index >= 15 is 0 Å². The number of aryl methyl sites for hydroxylation is 1. The summed E-state index contributed by atoms with van der Waals surface area (Å²) in [6, 6.07) is 7.69. The van der Waals surface area contributed by atoms with Crippen LogP contribution in [0.1, 0.15) is 18.3 Å². The third-order valence-corrected chi connectivity index (χ3v) is 5.12. The number of fused-ring (bicyclic) bond motifs is 1. The van der Waals surface area contributed by atoms with Gasteiger partial charge in [0.25, 0.3) is 5.56 Å². The summed E-state index contributed by atoms with van der Waals surface area (Å²) >= 11 is 3.44. The van der Waals surface area contributed by atoms with Crippen LogP contribution >= 0.6 is 15.9 Å². The van der Waals surface area contributed by atoms with Gasteiger partial charge in [0.05, 0.1) is 0 Å². The van der Waals surface area contributed by atoms with Crippen molar-refractivity contribution >= 4 is 33.0 Å². The van der Waals surface area contributed by atoms with Crippen LogP contribution in [0, 0.1) is 5.92 Å². The zero-order valence-electron chi connectivity index (χ0n) is 15.3. The molecule has 0 radical (unpaired) electrons. The van der Waals surface area contributed by atoms with Crippen molar-refractivity contribution < 1.29 is 4.79 Å². The second-order valence-corrected chi connectivity index (χ2v) is 7.55. The van der Waals surface area contributed by atoms with Crippen LogP contribution < -0.4 is 17.0 Å². The van der Waals surface area contributed by atoms with Crippen molar-refractivity contribution in [3.8, 4) is 0 Å². The predicted molar refractivity (Wildman–Crippen MR) is 106 cm³/mol. The molecule has 8 nitrogen and oxygen atoms in total. The molecule has 27 heavy (non-hydrogen) atoms. The second kappa shape index (κ2) is 7.15. The molecule has 3 aromatic rings. The monoisotopic (exact) mass is 433 g/mol. The second-order valence-electron chi connectivity index (χ2n) is 6.63. The van der Waals surface area contributed by atoms with E-state index < -0.39 is 23.1 Å². The van der Waals surface area contributed by atoms with Gasteiger partial charge in [-0.15, -0.1) is 0 Å². The molecule has 0 fully saturated rings. The molecule has 9 heteroatoms. The quantitative estimate of drug-likeness (QED) is 0.645. The molecule has 0 aliphatic carbocycles. The topological polar surface area (TPSA) is 105 Å². The highest BCUT2D eigenvalue weighted by atomic mass is 79.9. The van der Waals surface area contributed by atoms with Crippen molar-refractivity contribution in [1.29, 1.82) is 0 Å². The Bertz CT molecular complexity index is 1160. The van der Waals surface area contributed by atoms with Crippen LogP contribution in [0.15, 0.2) is 38.3 Å². The average Bonchev–Trinajstić information content (AvgIpc) is 2.96. The first-order valence-corrected chi connectivity index (χ1v) is 9.19. The molecule has 2 N–H and O–H groups in total. The highest BCUT2D eigenvalue weighted by Gasteiger charge is 2.22. The number of halogens is 1. The Hall–Kier alpha value is -2.68. The number of nitrogens with zero attached hydrogens (tertiary/aromatic N) is 4. The van der Waals surface area contributed by atoms with Gasteiger partial charge in [-0.05, 0) is 17.7 Å². The lowest BCUT2D eigenvalue weighted by atomic mass is 10.1. The first kappa shape index (κ1) is 19.1. The van der Waals surface area contributed by atoms with Gasteiger partial charge in [0.2, 0.25) is 5.91 Å². The number of hydrogen-bond donors (Lipinski definition) is 1. The SMILES string of the molecule is CC(Cc1nc2c(c(=O)n(C)c(=O)n2C)n1Cc1cccc(Br)c1)C(N)=O. The Morgan fingerprint density at radius 3 is 2.59 bits per heavy atom. The van der Waals surface area contributed by atoms with Gasteiger partial charge in [-0.1, -0.05) is 35.0 Å². The van der Waals surface area contributed by atoms with E-state index in [9.17, 15) is 14.4 Å². The Labute approximate surface area is 163 Å². The number of benzene rings is 1. The summed E-state index contributed by atoms with van der Waals surface area (Å²) < 4.78 is 5.07. The standard InChI is InChI=1S/C18H20BrN5O3/c1-10(15(20)25)7-13-21-16-14(17(26)23(3)18(27)22(16)2)24(13)9-11-5-4-6-12(19)8-11/h4-6,8,10H,7,9H2,1-3H3,(H2,20,25). The van der Waals surface area contributed by atoms with Gasteiger partial charge in [0, 0.05) is 37.5 Å². The number of aromatic nitrogens is 4. The summed E-state index contributed by atoms with van der Waals surface area (Å²) in [4.78, 5) is 41.1. The number of primary amides is 1. The smallest absolute Gasteiger partial charge is 0.332 e. The fraction of sp³-hybridized carbons (Fsp3) is 0.333. The van der Waals surface area contributed by atoms with Crippen LogP contribution in [-0.4, -0.2) is 24.6 Å². The minimum atomic E-state index is -0.455. The van der Waals surface area contributed by atoms with Crippen LogP contribution in [0.2, 0.25) is 0 Å². The summed E-state index contributed by atoms with van der Waals surface area (Å²) in [5, 5.41) is 0. The van der Waals surface area contributed by atoms with Gasteiger partial charge in [-0.25, -0.2) is 9.78 Å². The molecule has 0 spiro atoms. The highest BCUT2D eigenvalue weighted by molar-refractivity contribution is 9.10. The van der Waals surface area contributed by atoms with Gasteiger partial charge in [0.15, 0.2) is 11.2 Å². The van der Waals surface area contributed by atoms with Crippen LogP contribution in [0.5, 0.6) is 0 Å². The number of amides is 1. The molecular weight excluding hydrogens is 414 g/mol. The number of carbonyl (C=O) groups is 1. The van der Waals surface area contributed by atoms with E-state index in [0.29, 0.717) is 23.5 Å². The highest BCUT2D eigenvalue weighted by Crippen LogP contribution is 2.19. The minimum Gasteiger partial charge on any atom is -0.369 e. The molecular formula is C18H20BrN5O3. The van der Waals surface area contributed by atoms with Crippen LogP contribution in [-0.2, 0) is 31.9 Å². The summed E-state index contributed by atoms with van der Waals surface area (Å²) in [5.41, 5.74) is 6.11. The molecule has 1 unspecified atom stereocenters. The third-order valence-electron chi connectivity index (χ3n) is 4.63. The summed E-state index contributed by atoms with van der Waals surface area (Å²) in [5.74, 6) is -0.364. The van der Waals surface area contributed by atoms with Crippen molar-refractivity contribution in [2.45, 2.75) is 19.9 Å². The van der Waals surface area contributed by atoms with E-state index in [1.54, 1.807) is 18.5 Å². The molecule has 2 heterocycles. The fourth-order valence-electron chi connectivity index (χ4n) is 3.01. The number of imidazole rings is 1. The first-order valence-electron chi connectivity index (χ1n) is 8.39. The predicted octanol–water partition coefficient (Wildman–Crippen LogP) is 0.908. The number of hydrogen-bond acceptors (Lipinski definition) is 4. The van der Waals surface area contributed by atoms with E-state index in [-0.39, 0.29) is 6.42 Å². The van der Waals surface area contributed by atoms with Gasteiger partial charge < -0.3 is 10.3 Å². The average molecular weight is 434 g/mol. The Morgan fingerprint density at radius 2 is 1.96 bits per heavy atom. The van der Waals surface area contributed by atoms with E-state index in [1.807, 2.05) is 24.3 Å². The molecule has 142 valence electrons. The molecule has 0 bridgehead atoms. The molecule has 3 rings (SSSR count). The van der Waals surface area contributed by atoms with Crippen molar-refractivity contribution in [1.82, 2.24) is 18.7 Å². The molecule has 0 aliphatic rings. The fourth-order valence-corrected chi connectivity index (χ4v) is 3.46. The number of rotatable bonds is 5. The zero-order valence-corrected chi connectivity index (χ0v) is 16.9. The Morgan fingerprint density at radius 1 is 1.26 bits per heavy atom. The maximum Gasteiger partial charge on any atom is 0.332 e. The lowest BCUT2D eigenvalue weighted by Crippen LogP contribution is -2.37. The molecule has 0 aliphatic heterocycles. The molecule has 1 atom stereocenters. The van der Waals surface area contributed by atoms with Crippen molar-refractivity contribution in [3.05, 3.63) is 61.0 Å². The van der Waals surface area contributed by atoms with Crippen LogP contribution in [0.4, 0.5) is 0 Å². The Balaban J connectivity index is 2.28. The third kappa shape index (κ3) is 3.46. The maximum atomic E-state index is 12.8. The van der Waals surface area contributed by atoms with E-state index in [0.717, 1.165) is 14.6 Å². The lowest BCUT2D eigenvalue weighted by molar-refractivity contribution is -0.121. The molecule has 1 aromatic carbocycles. The van der Waals surface area contributed by atoms with E-state index in [2.05, 4.69) is 20.9 Å². The van der Waals surface area contributed by atoms with Gasteiger partial charge in [-0.2, -0.15) is 0 Å². The summed E-state index contributed by atoms with van der Waals surface area (Å²) in [7, 11) is 3.01. The zero-order chi connectivity index (χ0) is 19.9. The van der Waals surface area contributed by atoms with Crippen LogP contribution in [0.3, 0.4) is 0 Å². The molecule has 1 amide bonds. The largest absolute Gasteiger partial charge is 0.369 e. The van der Waals surface area contributed by atoms with Crippen LogP contribution in [0.25, 0.3) is 11.2 Å². The summed E-state index contributed by atoms with van der Waals surface area (Å²) in [6.07, 6.45) is 0.273. The van der Waals surface area contributed by atoms with Crippen molar-refractivity contribution in [3.63, 3.8) is 0 Å². The lowest BCUT2D eigenvalue weighted by Gasteiger charge is -2.12. The normalized spacial score (nSPS) is 12.4. The van der Waals surface area contributed by atoms with E-state index in [1.165, 1.54) is 11.6 Å². The molecule has 0 saturated heterocycles. The van der Waals surface area contributed by atoms with Gasteiger partial charge >= 0.3 is 5.69 Å². The van der Waals surface area contributed by atoms with E-state index in [4.69, 9.17) is 5.73 Å². The van der Waals surface area contributed by atoms with Gasteiger partial charge in [0.1, 0.15) is 5.82 Å². The first-order chi connectivity index (χ1) is 12.7. The Kier molecular flexibility index (Phi) is 5.05. The molecule has 2 aromatic heterocycles. The number of nitrogens with two attached hydrogens (primary N) is 1. The minimum absolute atomic E-state index is 0.273. The summed E-state index contributed by atoms with van der Waals surface area (Å²) in [6.45, 7) is 2.09. The maximum absolute atomic E-state index is 12.8. The van der Waals surface area contributed by atoms with Crippen molar-refractivity contribution in [2.24, 2.45) is 25.7 Å². The van der Waals surface area contributed by atoms with Gasteiger partial charge in [-0.3, -0.25) is 18.7 Å².